The molecule has 2 aliphatic rings. The molecule has 1 aliphatic carbocycles. The van der Waals surface area contributed by atoms with Gasteiger partial charge in [0.05, 0.1) is 18.1 Å². The summed E-state index contributed by atoms with van der Waals surface area (Å²) in [4.78, 5) is 28.1. The van der Waals surface area contributed by atoms with E-state index in [0.717, 1.165) is 31.3 Å². The first-order valence-corrected chi connectivity index (χ1v) is 6.90. The van der Waals surface area contributed by atoms with Crippen molar-refractivity contribution in [3.05, 3.63) is 36.0 Å². The number of unbranched alkanes of at least 4 members (excludes halogenated alkanes) is 2. The Kier molecular flexibility index (Phi) is 4.61. The molecule has 0 aromatic heterocycles. The van der Waals surface area contributed by atoms with Crippen LogP contribution < -0.4 is 0 Å². The molecule has 1 amide bonds. The van der Waals surface area contributed by atoms with Crippen molar-refractivity contribution in [1.82, 2.24) is 0 Å². The number of carbonyl (C=O) groups excluding carboxylic acids is 2. The summed E-state index contributed by atoms with van der Waals surface area (Å²) in [7, 11) is 0. The second kappa shape index (κ2) is 6.41. The van der Waals surface area contributed by atoms with Crippen molar-refractivity contribution in [3.63, 3.8) is 0 Å². The van der Waals surface area contributed by atoms with Gasteiger partial charge in [-0.05, 0) is 25.0 Å². The molecule has 0 aromatic carbocycles. The lowest BCUT2D eigenvalue weighted by molar-refractivity contribution is -0.117. The van der Waals surface area contributed by atoms with Crippen LogP contribution in [0.1, 0.15) is 39.0 Å². The van der Waals surface area contributed by atoms with Crippen molar-refractivity contribution in [2.75, 3.05) is 0 Å². The Morgan fingerprint density at radius 3 is 2.89 bits per heavy atom. The molecule has 100 valence electrons. The minimum absolute atomic E-state index is 0.0401. The highest BCUT2D eigenvalue weighted by Crippen LogP contribution is 2.20. The van der Waals surface area contributed by atoms with Crippen molar-refractivity contribution in [1.29, 1.82) is 0 Å². The zero-order valence-electron chi connectivity index (χ0n) is 11.3. The van der Waals surface area contributed by atoms with Gasteiger partial charge in [-0.3, -0.25) is 9.59 Å². The van der Waals surface area contributed by atoms with Gasteiger partial charge in [-0.2, -0.15) is 0 Å². The average molecular weight is 257 g/mol. The third kappa shape index (κ3) is 3.60. The van der Waals surface area contributed by atoms with E-state index in [2.05, 4.69) is 11.9 Å². The van der Waals surface area contributed by atoms with Crippen LogP contribution in [0.5, 0.6) is 0 Å². The molecule has 0 saturated carbocycles. The lowest BCUT2D eigenvalue weighted by Crippen LogP contribution is -2.24. The van der Waals surface area contributed by atoms with Crippen LogP contribution in [0.25, 0.3) is 0 Å². The molecule has 0 radical (unpaired) electrons. The zero-order valence-corrected chi connectivity index (χ0v) is 11.3. The number of fused-ring (bicyclic) bond motifs is 1. The van der Waals surface area contributed by atoms with Gasteiger partial charge in [0.2, 0.25) is 5.91 Å². The Morgan fingerprint density at radius 2 is 2.11 bits per heavy atom. The molecule has 3 nitrogen and oxygen atoms in total. The summed E-state index contributed by atoms with van der Waals surface area (Å²) in [6.45, 7) is 2.14. The lowest BCUT2D eigenvalue weighted by Gasteiger charge is -2.16. The summed E-state index contributed by atoms with van der Waals surface area (Å²) in [5.74, 6) is -0.482. The molecule has 0 fully saturated rings. The monoisotopic (exact) mass is 257 g/mol. The van der Waals surface area contributed by atoms with Crippen molar-refractivity contribution in [2.45, 2.75) is 39.0 Å². The molecule has 0 spiro atoms. The number of amides is 1. The third-order valence-electron chi connectivity index (χ3n) is 3.39. The minimum Gasteiger partial charge on any atom is -0.294 e. The zero-order chi connectivity index (χ0) is 13.7. The normalized spacial score (nSPS) is 27.9. The lowest BCUT2D eigenvalue weighted by atomic mass is 9.90. The molecule has 1 unspecified atom stereocenters. The highest BCUT2D eigenvalue weighted by atomic mass is 16.1. The van der Waals surface area contributed by atoms with E-state index >= 15 is 0 Å². The summed E-state index contributed by atoms with van der Waals surface area (Å²) < 4.78 is 0. The standard InChI is InChI=1S/C16H19NO2/c1-2-3-4-7-12-10-15(18)13-8-5-6-9-14(13)17-16(19)11-12/h5-6,8-10,13H,2-4,7,11H2,1H3/b12-10-,17-14-. The van der Waals surface area contributed by atoms with Gasteiger partial charge in [-0.1, -0.05) is 43.6 Å². The molecule has 3 heteroatoms. The van der Waals surface area contributed by atoms with Crippen LogP contribution in [0.15, 0.2) is 40.9 Å². The van der Waals surface area contributed by atoms with Crippen LogP contribution in [-0.2, 0) is 9.59 Å². The van der Waals surface area contributed by atoms with Crippen LogP contribution in [0, 0.1) is 5.92 Å². The van der Waals surface area contributed by atoms with Gasteiger partial charge >= 0.3 is 0 Å². The Morgan fingerprint density at radius 1 is 1.26 bits per heavy atom. The smallest absolute Gasteiger partial charge is 0.250 e. The van der Waals surface area contributed by atoms with E-state index < -0.39 is 0 Å². The summed E-state index contributed by atoms with van der Waals surface area (Å²) in [5, 5.41) is 0. The van der Waals surface area contributed by atoms with Crippen LogP contribution >= 0.6 is 0 Å². The van der Waals surface area contributed by atoms with E-state index in [4.69, 9.17) is 0 Å². The van der Waals surface area contributed by atoms with Gasteiger partial charge in [-0.25, -0.2) is 4.99 Å². The predicted molar refractivity (Wildman–Crippen MR) is 76.1 cm³/mol. The van der Waals surface area contributed by atoms with Crippen LogP contribution in [0.3, 0.4) is 0 Å². The van der Waals surface area contributed by atoms with Gasteiger partial charge in [0.15, 0.2) is 5.78 Å². The number of hydrogen-bond acceptors (Lipinski definition) is 2. The Labute approximate surface area is 113 Å². The van der Waals surface area contributed by atoms with Gasteiger partial charge in [-0.15, -0.1) is 0 Å². The van der Waals surface area contributed by atoms with Crippen molar-refractivity contribution < 1.29 is 9.59 Å². The molecule has 0 bridgehead atoms. The number of rotatable bonds is 4. The van der Waals surface area contributed by atoms with Gasteiger partial charge < -0.3 is 0 Å². The summed E-state index contributed by atoms with van der Waals surface area (Å²) in [6, 6.07) is 0. The molecule has 0 aromatic rings. The van der Waals surface area contributed by atoms with E-state index in [-0.39, 0.29) is 24.0 Å². The number of ketones is 1. The largest absolute Gasteiger partial charge is 0.294 e. The number of allylic oxidation sites excluding steroid dienone is 5. The highest BCUT2D eigenvalue weighted by molar-refractivity contribution is 6.19. The van der Waals surface area contributed by atoms with Crippen LogP contribution in [0.4, 0.5) is 0 Å². The van der Waals surface area contributed by atoms with Crippen LogP contribution in [0.2, 0.25) is 0 Å². The fourth-order valence-electron chi connectivity index (χ4n) is 2.36. The fraction of sp³-hybridized carbons (Fsp3) is 0.438. The Bertz CT molecular complexity index is 495. The van der Waals surface area contributed by atoms with Crippen molar-refractivity contribution >= 4 is 17.4 Å². The molecule has 19 heavy (non-hydrogen) atoms. The Balaban J connectivity index is 2.16. The van der Waals surface area contributed by atoms with Crippen LogP contribution in [-0.4, -0.2) is 17.4 Å². The first-order valence-electron chi connectivity index (χ1n) is 6.90. The summed E-state index contributed by atoms with van der Waals surface area (Å²) in [5.41, 5.74) is 1.50. The van der Waals surface area contributed by atoms with Gasteiger partial charge in [0, 0.05) is 0 Å². The molecule has 1 aliphatic heterocycles. The minimum atomic E-state index is -0.379. The molecular weight excluding hydrogens is 238 g/mol. The quantitative estimate of drug-likeness (QED) is 0.726. The van der Waals surface area contributed by atoms with E-state index in [1.807, 2.05) is 12.2 Å². The molecule has 2 rings (SSSR count). The molecule has 0 saturated heterocycles. The second-order valence-electron chi connectivity index (χ2n) is 4.99. The number of aliphatic imine (C=N–C) groups is 1. The molecular formula is C16H19NO2. The molecule has 1 heterocycles. The SMILES string of the molecule is CCCCC/C1=C/C(=O)C2C=CC=C/C2=N/C(=O)C1. The van der Waals surface area contributed by atoms with Gasteiger partial charge in [0.1, 0.15) is 0 Å². The topological polar surface area (TPSA) is 46.5 Å². The second-order valence-corrected chi connectivity index (χ2v) is 4.99. The Hall–Kier alpha value is -1.77. The first-order chi connectivity index (χ1) is 9.20. The maximum Gasteiger partial charge on any atom is 0.250 e. The molecule has 0 N–H and O–H groups in total. The van der Waals surface area contributed by atoms with Crippen molar-refractivity contribution in [3.8, 4) is 0 Å². The van der Waals surface area contributed by atoms with Gasteiger partial charge in [0.25, 0.3) is 0 Å². The van der Waals surface area contributed by atoms with E-state index in [9.17, 15) is 9.59 Å². The summed E-state index contributed by atoms with van der Waals surface area (Å²) in [6.07, 6.45) is 13.2. The number of hydrogen-bond donors (Lipinski definition) is 0. The summed E-state index contributed by atoms with van der Waals surface area (Å²) >= 11 is 0. The van der Waals surface area contributed by atoms with Crippen molar-refractivity contribution in [2.24, 2.45) is 10.9 Å². The maximum absolute atomic E-state index is 12.2. The number of nitrogens with zero attached hydrogens (tertiary/aromatic N) is 1. The maximum atomic E-state index is 12.2. The van der Waals surface area contributed by atoms with E-state index in [1.54, 1.807) is 18.2 Å². The fourth-order valence-corrected chi connectivity index (χ4v) is 2.36. The van der Waals surface area contributed by atoms with E-state index in [1.165, 1.54) is 0 Å². The third-order valence-corrected chi connectivity index (χ3v) is 3.39. The number of carbonyl (C=O) groups is 2. The van der Waals surface area contributed by atoms with E-state index in [0.29, 0.717) is 5.71 Å². The highest BCUT2D eigenvalue weighted by Gasteiger charge is 2.24. The predicted octanol–water partition coefficient (Wildman–Crippen LogP) is 3.18. The average Bonchev–Trinajstić information content (AvgIpc) is 2.37. The molecule has 1 atom stereocenters. The first kappa shape index (κ1) is 13.7.